The molecule has 0 saturated carbocycles. The monoisotopic (exact) mass is 292 g/mol. The van der Waals surface area contributed by atoms with E-state index in [1.165, 1.54) is 5.56 Å². The molecule has 2 rings (SSSR count). The number of rotatable bonds is 6. The molecular formula is C16H24N2O3. The number of aliphatic hydroxyl groups excluding tert-OH is 1. The summed E-state index contributed by atoms with van der Waals surface area (Å²) < 4.78 is 5.45. The summed E-state index contributed by atoms with van der Waals surface area (Å²) >= 11 is 0. The molecule has 0 radical (unpaired) electrons. The van der Waals surface area contributed by atoms with Gasteiger partial charge in [0.1, 0.15) is 5.75 Å². The Balaban J connectivity index is 1.71. The van der Waals surface area contributed by atoms with Crippen LogP contribution in [-0.2, 0) is 4.79 Å². The van der Waals surface area contributed by atoms with Crippen molar-refractivity contribution in [1.82, 2.24) is 10.6 Å². The number of amides is 1. The number of β-amino-alcohol motifs (C(OH)–C–C–N with tert-alkyl or cyclic N) is 1. The fourth-order valence-electron chi connectivity index (χ4n) is 2.32. The van der Waals surface area contributed by atoms with E-state index in [9.17, 15) is 9.90 Å². The van der Waals surface area contributed by atoms with Gasteiger partial charge >= 0.3 is 0 Å². The second-order valence-electron chi connectivity index (χ2n) is 5.80. The Hall–Kier alpha value is -1.59. The minimum absolute atomic E-state index is 0.00271. The molecule has 0 aliphatic carbocycles. The molecule has 3 N–H and O–H groups in total. The van der Waals surface area contributed by atoms with Gasteiger partial charge in [-0.3, -0.25) is 4.79 Å². The summed E-state index contributed by atoms with van der Waals surface area (Å²) in [6.45, 7) is 6.07. The summed E-state index contributed by atoms with van der Waals surface area (Å²) in [6, 6.07) is 7.79. The second kappa shape index (κ2) is 7.43. The van der Waals surface area contributed by atoms with Crippen LogP contribution in [0.3, 0.4) is 0 Å². The van der Waals surface area contributed by atoms with Gasteiger partial charge in [0.25, 0.3) is 5.91 Å². The first-order valence-electron chi connectivity index (χ1n) is 7.44. The van der Waals surface area contributed by atoms with E-state index in [0.29, 0.717) is 24.8 Å². The number of benzene rings is 1. The predicted molar refractivity (Wildman–Crippen MR) is 81.4 cm³/mol. The molecule has 0 aromatic heterocycles. The van der Waals surface area contributed by atoms with Gasteiger partial charge in [0, 0.05) is 25.6 Å². The van der Waals surface area contributed by atoms with E-state index in [2.05, 4.69) is 24.5 Å². The third kappa shape index (κ3) is 4.72. The Morgan fingerprint density at radius 2 is 2.10 bits per heavy atom. The molecule has 5 nitrogen and oxygen atoms in total. The maximum atomic E-state index is 11.7. The van der Waals surface area contributed by atoms with Gasteiger partial charge in [-0.05, 0) is 23.6 Å². The SMILES string of the molecule is CC(C)c1ccc(OCC(=O)NCC2CNCC2O)cc1. The van der Waals surface area contributed by atoms with E-state index in [1.807, 2.05) is 24.3 Å². The summed E-state index contributed by atoms with van der Waals surface area (Å²) in [5.74, 6) is 1.09. The number of ether oxygens (including phenoxy) is 1. The van der Waals surface area contributed by atoms with Crippen LogP contribution in [0, 0.1) is 5.92 Å². The first kappa shape index (κ1) is 15.8. The fraction of sp³-hybridized carbons (Fsp3) is 0.562. The molecule has 1 aliphatic heterocycles. The molecule has 1 fully saturated rings. The van der Waals surface area contributed by atoms with Crippen molar-refractivity contribution < 1.29 is 14.6 Å². The summed E-state index contributed by atoms with van der Waals surface area (Å²) in [6.07, 6.45) is -0.380. The fourth-order valence-corrected chi connectivity index (χ4v) is 2.32. The first-order valence-corrected chi connectivity index (χ1v) is 7.44. The maximum Gasteiger partial charge on any atom is 0.257 e. The van der Waals surface area contributed by atoms with E-state index in [0.717, 1.165) is 6.54 Å². The van der Waals surface area contributed by atoms with Crippen molar-refractivity contribution in [3.63, 3.8) is 0 Å². The number of carbonyl (C=O) groups excluding carboxylic acids is 1. The summed E-state index contributed by atoms with van der Waals surface area (Å²) in [7, 11) is 0. The smallest absolute Gasteiger partial charge is 0.257 e. The number of hydrogen-bond acceptors (Lipinski definition) is 4. The van der Waals surface area contributed by atoms with Crippen molar-refractivity contribution in [3.8, 4) is 5.75 Å². The lowest BCUT2D eigenvalue weighted by atomic mass is 10.0. The maximum absolute atomic E-state index is 11.7. The van der Waals surface area contributed by atoms with E-state index >= 15 is 0 Å². The van der Waals surface area contributed by atoms with Gasteiger partial charge in [-0.2, -0.15) is 0 Å². The zero-order valence-corrected chi connectivity index (χ0v) is 12.6. The van der Waals surface area contributed by atoms with Crippen molar-refractivity contribution >= 4 is 5.91 Å². The minimum Gasteiger partial charge on any atom is -0.484 e. The molecule has 1 aromatic rings. The zero-order valence-electron chi connectivity index (χ0n) is 12.6. The molecule has 0 spiro atoms. The highest BCUT2D eigenvalue weighted by molar-refractivity contribution is 5.77. The van der Waals surface area contributed by atoms with Crippen LogP contribution in [0.4, 0.5) is 0 Å². The van der Waals surface area contributed by atoms with Gasteiger partial charge in [0.05, 0.1) is 6.10 Å². The quantitative estimate of drug-likeness (QED) is 0.728. The number of aliphatic hydroxyl groups is 1. The predicted octanol–water partition coefficient (Wildman–Crippen LogP) is 0.885. The van der Waals surface area contributed by atoms with Crippen molar-refractivity contribution in [2.45, 2.75) is 25.9 Å². The lowest BCUT2D eigenvalue weighted by Gasteiger charge is -2.14. The Morgan fingerprint density at radius 3 is 2.67 bits per heavy atom. The molecule has 0 bridgehead atoms. The highest BCUT2D eigenvalue weighted by Crippen LogP contribution is 2.18. The van der Waals surface area contributed by atoms with Crippen LogP contribution in [0.15, 0.2) is 24.3 Å². The molecule has 1 heterocycles. The molecule has 1 saturated heterocycles. The van der Waals surface area contributed by atoms with Gasteiger partial charge in [0.2, 0.25) is 0 Å². The van der Waals surface area contributed by atoms with Gasteiger partial charge in [-0.25, -0.2) is 0 Å². The van der Waals surface area contributed by atoms with Crippen LogP contribution in [0.2, 0.25) is 0 Å². The van der Waals surface area contributed by atoms with Gasteiger partial charge < -0.3 is 20.5 Å². The largest absolute Gasteiger partial charge is 0.484 e. The molecule has 1 aromatic carbocycles. The molecule has 21 heavy (non-hydrogen) atoms. The highest BCUT2D eigenvalue weighted by atomic mass is 16.5. The molecule has 2 unspecified atom stereocenters. The topological polar surface area (TPSA) is 70.6 Å². The Bertz CT molecular complexity index is 459. The Morgan fingerprint density at radius 1 is 1.38 bits per heavy atom. The van der Waals surface area contributed by atoms with Crippen LogP contribution in [-0.4, -0.2) is 43.4 Å². The van der Waals surface area contributed by atoms with Crippen LogP contribution in [0.25, 0.3) is 0 Å². The third-order valence-electron chi connectivity index (χ3n) is 3.78. The normalized spacial score (nSPS) is 21.5. The van der Waals surface area contributed by atoms with Crippen LogP contribution >= 0.6 is 0 Å². The summed E-state index contributed by atoms with van der Waals surface area (Å²) in [5, 5.41) is 15.5. The molecular weight excluding hydrogens is 268 g/mol. The average Bonchev–Trinajstić information content (AvgIpc) is 2.88. The minimum atomic E-state index is -0.380. The summed E-state index contributed by atoms with van der Waals surface area (Å²) in [5.41, 5.74) is 1.24. The lowest BCUT2D eigenvalue weighted by molar-refractivity contribution is -0.123. The van der Waals surface area contributed by atoms with E-state index < -0.39 is 0 Å². The van der Waals surface area contributed by atoms with Crippen molar-refractivity contribution in [2.24, 2.45) is 5.92 Å². The van der Waals surface area contributed by atoms with Crippen molar-refractivity contribution in [1.29, 1.82) is 0 Å². The summed E-state index contributed by atoms with van der Waals surface area (Å²) in [4.78, 5) is 11.7. The lowest BCUT2D eigenvalue weighted by Crippen LogP contribution is -2.36. The zero-order chi connectivity index (χ0) is 15.2. The molecule has 1 aliphatic rings. The molecule has 5 heteroatoms. The first-order chi connectivity index (χ1) is 10.1. The van der Waals surface area contributed by atoms with Crippen LogP contribution < -0.4 is 15.4 Å². The van der Waals surface area contributed by atoms with Crippen LogP contribution in [0.5, 0.6) is 5.75 Å². The standard InChI is InChI=1S/C16H24N2O3/c1-11(2)12-3-5-14(6-4-12)21-10-16(20)18-8-13-7-17-9-15(13)19/h3-6,11,13,15,17,19H,7-10H2,1-2H3,(H,18,20). The van der Waals surface area contributed by atoms with Crippen molar-refractivity contribution in [2.75, 3.05) is 26.2 Å². The molecule has 1 amide bonds. The average molecular weight is 292 g/mol. The second-order valence-corrected chi connectivity index (χ2v) is 5.80. The highest BCUT2D eigenvalue weighted by Gasteiger charge is 2.24. The molecule has 2 atom stereocenters. The van der Waals surface area contributed by atoms with E-state index in [-0.39, 0.29) is 24.5 Å². The van der Waals surface area contributed by atoms with Gasteiger partial charge in [-0.1, -0.05) is 26.0 Å². The van der Waals surface area contributed by atoms with Crippen LogP contribution in [0.1, 0.15) is 25.3 Å². The Labute approximate surface area is 125 Å². The van der Waals surface area contributed by atoms with Gasteiger partial charge in [-0.15, -0.1) is 0 Å². The number of nitrogens with one attached hydrogen (secondary N) is 2. The Kier molecular flexibility index (Phi) is 5.59. The van der Waals surface area contributed by atoms with E-state index in [4.69, 9.17) is 4.74 Å². The third-order valence-corrected chi connectivity index (χ3v) is 3.78. The number of carbonyl (C=O) groups is 1. The van der Waals surface area contributed by atoms with Crippen molar-refractivity contribution in [3.05, 3.63) is 29.8 Å². The van der Waals surface area contributed by atoms with E-state index in [1.54, 1.807) is 0 Å². The van der Waals surface area contributed by atoms with Gasteiger partial charge in [0.15, 0.2) is 6.61 Å². The number of hydrogen-bond donors (Lipinski definition) is 3. The molecule has 116 valence electrons.